The number of aromatic nitrogens is 1. The van der Waals surface area contributed by atoms with Gasteiger partial charge in [0.25, 0.3) is 5.69 Å². The molecule has 0 saturated heterocycles. The predicted octanol–water partition coefficient (Wildman–Crippen LogP) is 4.38. The van der Waals surface area contributed by atoms with Gasteiger partial charge in [-0.05, 0) is 44.0 Å². The minimum absolute atomic E-state index is 0.0541. The number of pyridine rings is 1. The van der Waals surface area contributed by atoms with Crippen LogP contribution in [0.15, 0.2) is 58.5 Å². The number of fused-ring (bicyclic) bond motifs is 1. The van der Waals surface area contributed by atoms with Gasteiger partial charge in [-0.15, -0.1) is 0 Å². The van der Waals surface area contributed by atoms with Gasteiger partial charge in [0, 0.05) is 36.8 Å². The molecule has 8 heteroatoms. The van der Waals surface area contributed by atoms with Crippen LogP contribution in [0.4, 0.5) is 11.4 Å². The monoisotopic (exact) mass is 413 g/mol. The first kappa shape index (κ1) is 20.7. The number of anilines is 1. The molecular weight excluding hydrogens is 390 g/mol. The Kier molecular flexibility index (Phi) is 5.83. The van der Waals surface area contributed by atoms with Gasteiger partial charge < -0.3 is 4.90 Å². The van der Waals surface area contributed by atoms with Crippen molar-refractivity contribution in [2.75, 3.05) is 18.0 Å². The van der Waals surface area contributed by atoms with Crippen molar-refractivity contribution < 1.29 is 13.3 Å². The molecule has 2 aromatic carbocycles. The number of nitro benzene ring substituents is 1. The van der Waals surface area contributed by atoms with Crippen LogP contribution in [-0.2, 0) is 16.3 Å². The van der Waals surface area contributed by atoms with Crippen molar-refractivity contribution >= 4 is 32.1 Å². The Morgan fingerprint density at radius 1 is 1.03 bits per heavy atom. The first-order valence-electron chi connectivity index (χ1n) is 9.49. The molecule has 0 bridgehead atoms. The van der Waals surface area contributed by atoms with E-state index in [9.17, 15) is 18.5 Å². The van der Waals surface area contributed by atoms with Gasteiger partial charge in [-0.25, -0.2) is 8.42 Å². The molecule has 0 fully saturated rings. The Morgan fingerprint density at radius 3 is 2.24 bits per heavy atom. The highest BCUT2D eigenvalue weighted by Gasteiger charge is 2.27. The zero-order valence-corrected chi connectivity index (χ0v) is 17.4. The second-order valence-electron chi connectivity index (χ2n) is 6.60. The summed E-state index contributed by atoms with van der Waals surface area (Å²) in [6.07, 6.45) is 2.16. The molecule has 0 spiro atoms. The lowest BCUT2D eigenvalue weighted by Crippen LogP contribution is -2.24. The van der Waals surface area contributed by atoms with E-state index in [1.807, 2.05) is 25.7 Å². The van der Waals surface area contributed by atoms with E-state index in [4.69, 9.17) is 0 Å². The molecule has 3 rings (SSSR count). The largest absolute Gasteiger partial charge is 0.370 e. The third-order valence-corrected chi connectivity index (χ3v) is 6.78. The van der Waals surface area contributed by atoms with E-state index < -0.39 is 14.8 Å². The highest BCUT2D eigenvalue weighted by molar-refractivity contribution is 7.91. The zero-order valence-electron chi connectivity index (χ0n) is 16.6. The quantitative estimate of drug-likeness (QED) is 0.421. The molecule has 29 heavy (non-hydrogen) atoms. The van der Waals surface area contributed by atoms with Crippen molar-refractivity contribution in [3.63, 3.8) is 0 Å². The molecule has 3 aromatic rings. The maximum Gasteiger partial charge on any atom is 0.270 e. The fraction of sp³-hybridized carbons (Fsp3) is 0.286. The summed E-state index contributed by atoms with van der Waals surface area (Å²) in [5, 5.41) is 11.7. The van der Waals surface area contributed by atoms with Gasteiger partial charge in [0.2, 0.25) is 9.84 Å². The Bertz CT molecular complexity index is 1150. The van der Waals surface area contributed by atoms with E-state index in [0.717, 1.165) is 12.0 Å². The maximum atomic E-state index is 13.5. The SMILES string of the molecule is CCc1ccc(S(=O)(=O)c2cnc3ccc([N+](=O)[O-])cc3c2N(CC)CC)cc1. The van der Waals surface area contributed by atoms with Gasteiger partial charge in [-0.1, -0.05) is 19.1 Å². The van der Waals surface area contributed by atoms with Crippen molar-refractivity contribution in [1.82, 2.24) is 4.98 Å². The second-order valence-corrected chi connectivity index (χ2v) is 8.52. The number of nitro groups is 1. The minimum atomic E-state index is -3.86. The van der Waals surface area contributed by atoms with Gasteiger partial charge in [0.05, 0.1) is 21.0 Å². The lowest BCUT2D eigenvalue weighted by atomic mass is 10.1. The molecule has 1 aromatic heterocycles. The van der Waals surface area contributed by atoms with E-state index in [0.29, 0.717) is 29.7 Å². The Labute approximate surface area is 170 Å². The number of sulfone groups is 1. The molecule has 0 aliphatic heterocycles. The van der Waals surface area contributed by atoms with Crippen molar-refractivity contribution in [2.24, 2.45) is 0 Å². The summed E-state index contributed by atoms with van der Waals surface area (Å²) in [7, 11) is -3.86. The van der Waals surface area contributed by atoms with Gasteiger partial charge in [0.1, 0.15) is 4.90 Å². The number of hydrogen-bond donors (Lipinski definition) is 0. The molecule has 152 valence electrons. The Balaban J connectivity index is 2.33. The first-order chi connectivity index (χ1) is 13.8. The molecule has 0 aliphatic rings. The number of hydrogen-bond acceptors (Lipinski definition) is 6. The molecule has 0 N–H and O–H groups in total. The summed E-state index contributed by atoms with van der Waals surface area (Å²) in [6.45, 7) is 6.94. The van der Waals surface area contributed by atoms with Gasteiger partial charge in [-0.3, -0.25) is 15.1 Å². The van der Waals surface area contributed by atoms with E-state index in [-0.39, 0.29) is 15.5 Å². The summed E-state index contributed by atoms with van der Waals surface area (Å²) >= 11 is 0. The molecule has 0 saturated carbocycles. The Hall–Kier alpha value is -3.00. The molecule has 0 amide bonds. The van der Waals surface area contributed by atoms with Crippen LogP contribution in [0.5, 0.6) is 0 Å². The van der Waals surface area contributed by atoms with Crippen LogP contribution >= 0.6 is 0 Å². The fourth-order valence-electron chi connectivity index (χ4n) is 3.36. The van der Waals surface area contributed by atoms with E-state index in [2.05, 4.69) is 4.98 Å². The topological polar surface area (TPSA) is 93.4 Å². The van der Waals surface area contributed by atoms with E-state index in [1.165, 1.54) is 18.3 Å². The number of non-ortho nitro benzene ring substituents is 1. The molecule has 7 nitrogen and oxygen atoms in total. The highest BCUT2D eigenvalue weighted by atomic mass is 32.2. The molecule has 0 unspecified atom stereocenters. The van der Waals surface area contributed by atoms with E-state index in [1.54, 1.807) is 30.3 Å². The molecule has 0 aliphatic carbocycles. The number of nitrogens with zero attached hydrogens (tertiary/aromatic N) is 3. The zero-order chi connectivity index (χ0) is 21.2. The average Bonchev–Trinajstić information content (AvgIpc) is 2.74. The van der Waals surface area contributed by atoms with Crippen LogP contribution in [0.25, 0.3) is 10.9 Å². The summed E-state index contributed by atoms with van der Waals surface area (Å²) in [4.78, 5) is 17.2. The Morgan fingerprint density at radius 2 is 1.69 bits per heavy atom. The van der Waals surface area contributed by atoms with Gasteiger partial charge in [0.15, 0.2) is 0 Å². The van der Waals surface area contributed by atoms with Crippen LogP contribution < -0.4 is 4.90 Å². The smallest absolute Gasteiger partial charge is 0.270 e. The third kappa shape index (κ3) is 3.80. The summed E-state index contributed by atoms with van der Waals surface area (Å²) in [6, 6.07) is 11.1. The lowest BCUT2D eigenvalue weighted by molar-refractivity contribution is -0.384. The maximum absolute atomic E-state index is 13.5. The summed E-state index contributed by atoms with van der Waals surface area (Å²) in [5.41, 5.74) is 1.90. The second kappa shape index (κ2) is 8.16. The number of aryl methyl sites for hydroxylation is 1. The van der Waals surface area contributed by atoms with Crippen molar-refractivity contribution in [1.29, 1.82) is 0 Å². The van der Waals surface area contributed by atoms with Crippen molar-refractivity contribution in [3.05, 3.63) is 64.3 Å². The first-order valence-corrected chi connectivity index (χ1v) is 11.0. The molecule has 0 atom stereocenters. The van der Waals surface area contributed by atoms with Crippen LogP contribution in [0.3, 0.4) is 0 Å². The fourth-order valence-corrected chi connectivity index (χ4v) is 4.79. The third-order valence-electron chi connectivity index (χ3n) is 5.01. The number of rotatable bonds is 7. The molecule has 0 radical (unpaired) electrons. The van der Waals surface area contributed by atoms with Crippen LogP contribution in [0.1, 0.15) is 26.3 Å². The van der Waals surface area contributed by atoms with E-state index >= 15 is 0 Å². The minimum Gasteiger partial charge on any atom is -0.370 e. The average molecular weight is 413 g/mol. The molecule has 1 heterocycles. The summed E-state index contributed by atoms with van der Waals surface area (Å²) < 4.78 is 26.9. The van der Waals surface area contributed by atoms with Crippen LogP contribution in [0.2, 0.25) is 0 Å². The summed E-state index contributed by atoms with van der Waals surface area (Å²) in [5.74, 6) is 0. The van der Waals surface area contributed by atoms with Crippen LogP contribution in [-0.4, -0.2) is 31.4 Å². The normalized spacial score (nSPS) is 11.6. The van der Waals surface area contributed by atoms with Crippen molar-refractivity contribution in [3.8, 4) is 0 Å². The standard InChI is InChI=1S/C21H23N3O4S/c1-4-15-7-10-17(11-8-15)29(27,28)20-14-22-19-12-9-16(24(25)26)13-18(19)21(20)23(5-2)6-3/h7-14H,4-6H2,1-3H3. The highest BCUT2D eigenvalue weighted by Crippen LogP contribution is 2.37. The van der Waals surface area contributed by atoms with Crippen LogP contribution in [0, 0.1) is 10.1 Å². The van der Waals surface area contributed by atoms with Crippen molar-refractivity contribution in [2.45, 2.75) is 37.0 Å². The van der Waals surface area contributed by atoms with Gasteiger partial charge >= 0.3 is 0 Å². The lowest BCUT2D eigenvalue weighted by Gasteiger charge is -2.25. The van der Waals surface area contributed by atoms with Gasteiger partial charge in [-0.2, -0.15) is 0 Å². The molecular formula is C21H23N3O4S. The number of benzene rings is 2. The predicted molar refractivity (Wildman–Crippen MR) is 113 cm³/mol.